The van der Waals surface area contributed by atoms with E-state index in [4.69, 9.17) is 4.74 Å². The number of hydrazone groups is 1. The first-order valence-electron chi connectivity index (χ1n) is 7.77. The molecule has 0 unspecified atom stereocenters. The van der Waals surface area contributed by atoms with E-state index in [0.717, 1.165) is 23.9 Å². The van der Waals surface area contributed by atoms with Crippen LogP contribution < -0.4 is 15.7 Å². The topological polar surface area (TPSA) is 92.3 Å². The Bertz CT molecular complexity index is 876. The average molecular weight is 335 g/mol. The number of benzene rings is 2. The summed E-state index contributed by atoms with van der Waals surface area (Å²) in [6, 6.07) is 17.8. The lowest BCUT2D eigenvalue weighted by molar-refractivity contribution is 0.322. The number of aromatic amines is 1. The van der Waals surface area contributed by atoms with E-state index in [9.17, 15) is 4.79 Å². The zero-order valence-corrected chi connectivity index (χ0v) is 13.4. The molecule has 0 bridgehead atoms. The number of hydrogen-bond donors (Lipinski definition) is 2. The van der Waals surface area contributed by atoms with Crippen LogP contribution in [0.15, 0.2) is 70.7 Å². The van der Waals surface area contributed by atoms with Crippen molar-refractivity contribution < 1.29 is 4.74 Å². The molecule has 0 aliphatic carbocycles. The van der Waals surface area contributed by atoms with E-state index in [0.29, 0.717) is 6.61 Å². The van der Waals surface area contributed by atoms with Gasteiger partial charge in [-0.3, -0.25) is 9.78 Å². The molecule has 0 aliphatic rings. The average Bonchev–Trinajstić information content (AvgIpc) is 2.64. The van der Waals surface area contributed by atoms with Crippen LogP contribution in [0.5, 0.6) is 5.75 Å². The van der Waals surface area contributed by atoms with Gasteiger partial charge in [-0.05, 0) is 35.4 Å². The van der Waals surface area contributed by atoms with Crippen LogP contribution in [0.3, 0.4) is 0 Å². The summed E-state index contributed by atoms with van der Waals surface area (Å²) in [7, 11) is 0. The molecule has 3 aromatic rings. The first-order valence-corrected chi connectivity index (χ1v) is 7.77. The molecule has 0 spiro atoms. The van der Waals surface area contributed by atoms with Crippen molar-refractivity contribution in [3.63, 3.8) is 0 Å². The minimum absolute atomic E-state index is 0.185. The first-order chi connectivity index (χ1) is 12.3. The molecule has 2 N–H and O–H groups in total. The van der Waals surface area contributed by atoms with Crippen LogP contribution >= 0.6 is 0 Å². The maximum atomic E-state index is 11.1. The maximum absolute atomic E-state index is 11.1. The van der Waals surface area contributed by atoms with Gasteiger partial charge >= 0.3 is 0 Å². The van der Waals surface area contributed by atoms with Gasteiger partial charge in [0.15, 0.2) is 0 Å². The summed E-state index contributed by atoms with van der Waals surface area (Å²) in [5.74, 6) is 0.990. The van der Waals surface area contributed by atoms with Gasteiger partial charge in [0.1, 0.15) is 11.9 Å². The summed E-state index contributed by atoms with van der Waals surface area (Å²) >= 11 is 0. The molecular formula is C18H17N5O2. The van der Waals surface area contributed by atoms with Gasteiger partial charge in [0, 0.05) is 6.42 Å². The Hall–Kier alpha value is -3.48. The predicted molar refractivity (Wildman–Crippen MR) is 96.0 cm³/mol. The highest BCUT2D eigenvalue weighted by atomic mass is 16.5. The van der Waals surface area contributed by atoms with Crippen LogP contribution in [0, 0.1) is 0 Å². The van der Waals surface area contributed by atoms with Crippen molar-refractivity contribution in [2.75, 3.05) is 12.0 Å². The van der Waals surface area contributed by atoms with Gasteiger partial charge in [-0.15, -0.1) is 10.2 Å². The third kappa shape index (κ3) is 5.28. The van der Waals surface area contributed by atoms with E-state index in [1.54, 1.807) is 6.21 Å². The number of ether oxygens (including phenoxy) is 1. The summed E-state index contributed by atoms with van der Waals surface area (Å²) in [6.45, 7) is 0.624. The summed E-state index contributed by atoms with van der Waals surface area (Å²) < 4.78 is 5.73. The van der Waals surface area contributed by atoms with Gasteiger partial charge < -0.3 is 4.74 Å². The zero-order chi connectivity index (χ0) is 17.3. The third-order valence-corrected chi connectivity index (χ3v) is 3.34. The third-order valence-electron chi connectivity index (χ3n) is 3.34. The molecule has 1 aromatic heterocycles. The molecular weight excluding hydrogens is 318 g/mol. The van der Waals surface area contributed by atoms with Crippen molar-refractivity contribution in [3.8, 4) is 5.75 Å². The van der Waals surface area contributed by atoms with E-state index in [1.807, 2.05) is 42.5 Å². The van der Waals surface area contributed by atoms with E-state index >= 15 is 0 Å². The molecule has 0 aliphatic heterocycles. The smallest absolute Gasteiger partial charge is 0.271 e. The number of nitrogens with zero attached hydrogens (tertiary/aromatic N) is 3. The van der Waals surface area contributed by atoms with Crippen molar-refractivity contribution in [2.24, 2.45) is 5.10 Å². The second-order valence-electron chi connectivity index (χ2n) is 5.21. The summed E-state index contributed by atoms with van der Waals surface area (Å²) in [5, 5.41) is 11.2. The number of nitrogens with one attached hydrogen (secondary N) is 2. The van der Waals surface area contributed by atoms with Crippen LogP contribution in [0.4, 0.5) is 5.95 Å². The fourth-order valence-electron chi connectivity index (χ4n) is 2.11. The van der Waals surface area contributed by atoms with Crippen molar-refractivity contribution in [1.82, 2.24) is 15.2 Å². The fraction of sp³-hybridized carbons (Fsp3) is 0.111. The van der Waals surface area contributed by atoms with Gasteiger partial charge in [0.05, 0.1) is 12.8 Å². The molecule has 0 saturated carbocycles. The number of aromatic nitrogens is 3. The Kier molecular flexibility index (Phi) is 5.50. The van der Waals surface area contributed by atoms with Gasteiger partial charge in [0.25, 0.3) is 5.56 Å². The number of anilines is 1. The fourth-order valence-corrected chi connectivity index (χ4v) is 2.11. The van der Waals surface area contributed by atoms with Crippen molar-refractivity contribution >= 4 is 12.2 Å². The molecule has 0 amide bonds. The molecule has 25 heavy (non-hydrogen) atoms. The summed E-state index contributed by atoms with van der Waals surface area (Å²) in [4.78, 5) is 13.5. The van der Waals surface area contributed by atoms with E-state index < -0.39 is 0 Å². The van der Waals surface area contributed by atoms with Gasteiger partial charge in [-0.2, -0.15) is 5.10 Å². The lowest BCUT2D eigenvalue weighted by Gasteiger charge is -2.06. The molecule has 2 aromatic carbocycles. The lowest BCUT2D eigenvalue weighted by atomic mass is 10.2. The summed E-state index contributed by atoms with van der Waals surface area (Å²) in [6.07, 6.45) is 3.57. The first kappa shape index (κ1) is 16.4. The Morgan fingerprint density at radius 3 is 2.68 bits per heavy atom. The minimum Gasteiger partial charge on any atom is -0.493 e. The van der Waals surface area contributed by atoms with Crippen LogP contribution in [0.2, 0.25) is 0 Å². The standard InChI is InChI=1S/C18H17N5O2/c24-17-13-20-23-18(21-17)22-19-12-15-6-8-16(9-7-15)25-11-10-14-4-2-1-3-5-14/h1-9,12-13H,10-11H2,(H2,21,22,23,24)/b19-12+. The molecule has 0 radical (unpaired) electrons. The van der Waals surface area contributed by atoms with E-state index in [2.05, 4.69) is 37.8 Å². The predicted octanol–water partition coefficient (Wildman–Crippen LogP) is 2.23. The SMILES string of the molecule is O=c1cnnc(N/N=C/c2ccc(OCCc3ccccc3)cc2)[nH]1. The lowest BCUT2D eigenvalue weighted by Crippen LogP contribution is -2.10. The highest BCUT2D eigenvalue weighted by Gasteiger charge is 1.96. The minimum atomic E-state index is -0.343. The Labute approximate surface area is 144 Å². The van der Waals surface area contributed by atoms with Crippen LogP contribution in [-0.4, -0.2) is 28.0 Å². The number of H-pyrrole nitrogens is 1. The van der Waals surface area contributed by atoms with Crippen molar-refractivity contribution in [2.45, 2.75) is 6.42 Å². The van der Waals surface area contributed by atoms with Crippen LogP contribution in [-0.2, 0) is 6.42 Å². The maximum Gasteiger partial charge on any atom is 0.271 e. The molecule has 126 valence electrons. The highest BCUT2D eigenvalue weighted by molar-refractivity contribution is 5.80. The molecule has 7 heteroatoms. The second-order valence-corrected chi connectivity index (χ2v) is 5.21. The monoisotopic (exact) mass is 335 g/mol. The Morgan fingerprint density at radius 2 is 1.92 bits per heavy atom. The molecule has 0 atom stereocenters. The van der Waals surface area contributed by atoms with Gasteiger partial charge in [0.2, 0.25) is 5.95 Å². The molecule has 0 saturated heterocycles. The largest absolute Gasteiger partial charge is 0.493 e. The van der Waals surface area contributed by atoms with E-state index in [-0.39, 0.29) is 11.5 Å². The second kappa shape index (κ2) is 8.39. The molecule has 7 nitrogen and oxygen atoms in total. The number of rotatable bonds is 7. The van der Waals surface area contributed by atoms with Crippen molar-refractivity contribution in [1.29, 1.82) is 0 Å². The van der Waals surface area contributed by atoms with Crippen LogP contribution in [0.1, 0.15) is 11.1 Å². The normalized spacial score (nSPS) is 10.7. The van der Waals surface area contributed by atoms with E-state index in [1.165, 1.54) is 5.56 Å². The Balaban J connectivity index is 1.48. The molecule has 3 rings (SSSR count). The molecule has 1 heterocycles. The van der Waals surface area contributed by atoms with Gasteiger partial charge in [-0.25, -0.2) is 5.43 Å². The van der Waals surface area contributed by atoms with Crippen molar-refractivity contribution in [3.05, 3.63) is 82.3 Å². The quantitative estimate of drug-likeness (QED) is 0.510. The highest BCUT2D eigenvalue weighted by Crippen LogP contribution is 2.12. The Morgan fingerprint density at radius 1 is 1.12 bits per heavy atom. The molecule has 0 fully saturated rings. The van der Waals surface area contributed by atoms with Crippen LogP contribution in [0.25, 0.3) is 0 Å². The van der Waals surface area contributed by atoms with Gasteiger partial charge in [-0.1, -0.05) is 30.3 Å². The zero-order valence-electron chi connectivity index (χ0n) is 13.4. The summed E-state index contributed by atoms with van der Waals surface area (Å²) in [5.41, 5.74) is 4.40. The number of hydrogen-bond acceptors (Lipinski definition) is 6.